The quantitative estimate of drug-likeness (QED) is 0.632. The molecule has 2 aromatic rings. The second-order valence-corrected chi connectivity index (χ2v) is 5.01. The number of hydrogen-bond acceptors (Lipinski definition) is 3. The summed E-state index contributed by atoms with van der Waals surface area (Å²) in [4.78, 5) is 23.6. The minimum atomic E-state index is -0.521. The van der Waals surface area contributed by atoms with Crippen molar-refractivity contribution < 1.29 is 14.0 Å². The first kappa shape index (κ1) is 17.3. The van der Waals surface area contributed by atoms with Crippen LogP contribution in [-0.4, -0.2) is 24.1 Å². The molecule has 0 aromatic heterocycles. The summed E-state index contributed by atoms with van der Waals surface area (Å²) in [5.41, 5.74) is 4.22. The lowest BCUT2D eigenvalue weighted by molar-refractivity contribution is -0.120. The minimum Gasteiger partial charge on any atom is -0.343 e. The number of rotatable bonds is 6. The molecule has 0 atom stereocenters. The minimum absolute atomic E-state index is 0.157. The van der Waals surface area contributed by atoms with E-state index in [4.69, 9.17) is 0 Å². The Bertz CT molecular complexity index is 745. The maximum Gasteiger partial charge on any atom is 0.259 e. The van der Waals surface area contributed by atoms with Crippen LogP contribution in [0.3, 0.4) is 0 Å². The van der Waals surface area contributed by atoms with E-state index in [2.05, 4.69) is 15.8 Å². The van der Waals surface area contributed by atoms with E-state index in [-0.39, 0.29) is 12.1 Å². The molecule has 124 valence electrons. The highest BCUT2D eigenvalue weighted by atomic mass is 19.1. The van der Waals surface area contributed by atoms with Crippen LogP contribution in [0.25, 0.3) is 0 Å². The summed E-state index contributed by atoms with van der Waals surface area (Å²) >= 11 is 0. The van der Waals surface area contributed by atoms with Gasteiger partial charge in [-0.05, 0) is 30.2 Å². The molecular weight excluding hydrogens is 309 g/mol. The Morgan fingerprint density at radius 3 is 2.42 bits per heavy atom. The fraction of sp³-hybridized carbons (Fsp3) is 0.167. The van der Waals surface area contributed by atoms with Crippen LogP contribution in [-0.2, 0) is 4.79 Å². The number of nitrogens with zero attached hydrogens (tertiary/aromatic N) is 1. The molecule has 6 heteroatoms. The van der Waals surface area contributed by atoms with Crippen LogP contribution in [0.4, 0.5) is 4.39 Å². The lowest BCUT2D eigenvalue weighted by Crippen LogP contribution is -2.35. The van der Waals surface area contributed by atoms with Gasteiger partial charge in [-0.25, -0.2) is 9.82 Å². The molecule has 0 spiro atoms. The zero-order valence-electron chi connectivity index (χ0n) is 13.3. The molecule has 5 nitrogen and oxygen atoms in total. The van der Waals surface area contributed by atoms with Gasteiger partial charge in [-0.2, -0.15) is 5.10 Å². The van der Waals surface area contributed by atoms with Crippen LogP contribution in [0.15, 0.2) is 59.7 Å². The Labute approximate surface area is 139 Å². The molecule has 2 N–H and O–H groups in total. The first-order valence-electron chi connectivity index (χ1n) is 7.54. The van der Waals surface area contributed by atoms with Gasteiger partial charge in [-0.3, -0.25) is 9.59 Å². The number of benzene rings is 2. The van der Waals surface area contributed by atoms with Crippen LogP contribution < -0.4 is 10.7 Å². The van der Waals surface area contributed by atoms with Crippen molar-refractivity contribution in [1.29, 1.82) is 0 Å². The van der Waals surface area contributed by atoms with Gasteiger partial charge >= 0.3 is 0 Å². The van der Waals surface area contributed by atoms with E-state index >= 15 is 0 Å². The van der Waals surface area contributed by atoms with Crippen LogP contribution in [0.1, 0.15) is 29.3 Å². The lowest BCUT2D eigenvalue weighted by atomic mass is 10.1. The number of amides is 2. The van der Waals surface area contributed by atoms with Crippen LogP contribution >= 0.6 is 0 Å². The van der Waals surface area contributed by atoms with E-state index in [0.717, 1.165) is 17.3 Å². The average Bonchev–Trinajstić information content (AvgIpc) is 2.61. The molecule has 2 rings (SSSR count). The largest absolute Gasteiger partial charge is 0.343 e. The average molecular weight is 327 g/mol. The molecule has 0 aliphatic rings. The second-order valence-electron chi connectivity index (χ2n) is 5.01. The molecule has 0 aliphatic carbocycles. The van der Waals surface area contributed by atoms with Gasteiger partial charge in [0.1, 0.15) is 5.82 Å². The van der Waals surface area contributed by atoms with E-state index in [1.165, 1.54) is 18.2 Å². The van der Waals surface area contributed by atoms with Crippen molar-refractivity contribution in [3.8, 4) is 0 Å². The number of carbonyl (C=O) groups excluding carboxylic acids is 2. The van der Waals surface area contributed by atoms with E-state index in [9.17, 15) is 14.0 Å². The number of carbonyl (C=O) groups is 2. The van der Waals surface area contributed by atoms with Crippen molar-refractivity contribution in [2.45, 2.75) is 13.3 Å². The van der Waals surface area contributed by atoms with Gasteiger partial charge in [0.2, 0.25) is 0 Å². The SMILES string of the molecule is CC/C(=N/NC(=O)CNC(=O)c1cccc(F)c1)c1ccccc1. The molecule has 0 saturated carbocycles. The van der Waals surface area contributed by atoms with Crippen LogP contribution in [0, 0.1) is 5.82 Å². The predicted molar refractivity (Wildman–Crippen MR) is 90.1 cm³/mol. The van der Waals surface area contributed by atoms with Crippen molar-refractivity contribution in [3.63, 3.8) is 0 Å². The van der Waals surface area contributed by atoms with E-state index in [0.29, 0.717) is 6.42 Å². The molecule has 24 heavy (non-hydrogen) atoms. The van der Waals surface area contributed by atoms with Crippen molar-refractivity contribution in [2.75, 3.05) is 6.54 Å². The fourth-order valence-electron chi connectivity index (χ4n) is 2.04. The first-order chi connectivity index (χ1) is 11.6. The topological polar surface area (TPSA) is 70.6 Å². The smallest absolute Gasteiger partial charge is 0.259 e. The molecule has 0 unspecified atom stereocenters. The first-order valence-corrected chi connectivity index (χ1v) is 7.54. The lowest BCUT2D eigenvalue weighted by Gasteiger charge is -2.06. The highest BCUT2D eigenvalue weighted by molar-refractivity contribution is 6.01. The summed E-state index contributed by atoms with van der Waals surface area (Å²) in [6, 6.07) is 14.7. The number of halogens is 1. The number of hydrazone groups is 1. The van der Waals surface area contributed by atoms with Gasteiger partial charge in [-0.1, -0.05) is 43.3 Å². The van der Waals surface area contributed by atoms with Gasteiger partial charge < -0.3 is 5.32 Å². The monoisotopic (exact) mass is 327 g/mol. The van der Waals surface area contributed by atoms with Crippen molar-refractivity contribution in [3.05, 3.63) is 71.5 Å². The summed E-state index contributed by atoms with van der Waals surface area (Å²) in [5.74, 6) is -1.49. The second kappa shape index (κ2) is 8.57. The summed E-state index contributed by atoms with van der Waals surface area (Å²) < 4.78 is 13.1. The van der Waals surface area contributed by atoms with Gasteiger partial charge in [0, 0.05) is 5.56 Å². The van der Waals surface area contributed by atoms with Gasteiger partial charge in [-0.15, -0.1) is 0 Å². The molecule has 0 radical (unpaired) electrons. The Hall–Kier alpha value is -3.02. The Morgan fingerprint density at radius 2 is 1.75 bits per heavy atom. The standard InChI is InChI=1S/C18H18FN3O2/c1-2-16(13-7-4-3-5-8-13)21-22-17(23)12-20-18(24)14-9-6-10-15(19)11-14/h3-11H,2,12H2,1H3,(H,20,24)(H,22,23)/b21-16-. The zero-order chi connectivity index (χ0) is 17.4. The van der Waals surface area contributed by atoms with Crippen molar-refractivity contribution in [1.82, 2.24) is 10.7 Å². The van der Waals surface area contributed by atoms with E-state index in [1.54, 1.807) is 0 Å². The normalized spacial score (nSPS) is 11.0. The Morgan fingerprint density at radius 1 is 1.04 bits per heavy atom. The third-order valence-corrected chi connectivity index (χ3v) is 3.25. The summed E-state index contributed by atoms with van der Waals surface area (Å²) in [5, 5.41) is 6.50. The Balaban J connectivity index is 1.89. The van der Waals surface area contributed by atoms with Gasteiger partial charge in [0.15, 0.2) is 0 Å². The summed E-state index contributed by atoms with van der Waals surface area (Å²) in [6.07, 6.45) is 0.653. The summed E-state index contributed by atoms with van der Waals surface area (Å²) in [7, 11) is 0. The zero-order valence-corrected chi connectivity index (χ0v) is 13.3. The molecule has 2 amide bonds. The molecule has 2 aromatic carbocycles. The molecule has 0 saturated heterocycles. The molecule has 0 fully saturated rings. The fourth-order valence-corrected chi connectivity index (χ4v) is 2.04. The highest BCUT2D eigenvalue weighted by Crippen LogP contribution is 2.04. The van der Waals surface area contributed by atoms with E-state index in [1.807, 2.05) is 37.3 Å². The van der Waals surface area contributed by atoms with E-state index < -0.39 is 17.6 Å². The van der Waals surface area contributed by atoms with Gasteiger partial charge in [0.25, 0.3) is 11.8 Å². The van der Waals surface area contributed by atoms with Gasteiger partial charge in [0.05, 0.1) is 12.3 Å². The summed E-state index contributed by atoms with van der Waals surface area (Å²) in [6.45, 7) is 1.69. The number of hydrogen-bond donors (Lipinski definition) is 2. The van der Waals surface area contributed by atoms with Crippen molar-refractivity contribution in [2.24, 2.45) is 5.10 Å². The maximum atomic E-state index is 13.1. The number of nitrogens with one attached hydrogen (secondary N) is 2. The molecule has 0 aliphatic heterocycles. The third-order valence-electron chi connectivity index (χ3n) is 3.25. The predicted octanol–water partition coefficient (Wildman–Crippen LogP) is 2.49. The highest BCUT2D eigenvalue weighted by Gasteiger charge is 2.09. The van der Waals surface area contributed by atoms with Crippen LogP contribution in [0.2, 0.25) is 0 Å². The molecule has 0 bridgehead atoms. The molecule has 0 heterocycles. The molecular formula is C18H18FN3O2. The van der Waals surface area contributed by atoms with Crippen molar-refractivity contribution >= 4 is 17.5 Å². The maximum absolute atomic E-state index is 13.1. The Kier molecular flexibility index (Phi) is 6.19. The van der Waals surface area contributed by atoms with Crippen LogP contribution in [0.5, 0.6) is 0 Å². The third kappa shape index (κ3) is 5.01.